The Morgan fingerprint density at radius 3 is 2.71 bits per heavy atom. The fourth-order valence-electron chi connectivity index (χ4n) is 1.88. The third-order valence-corrected chi connectivity index (χ3v) is 2.80. The molecule has 2 heteroatoms. The van der Waals surface area contributed by atoms with Crippen LogP contribution in [-0.2, 0) is 5.41 Å². The van der Waals surface area contributed by atoms with Gasteiger partial charge in [-0.05, 0) is 11.6 Å². The number of hydrogen-bond acceptors (Lipinski definition) is 2. The lowest BCUT2D eigenvalue weighted by molar-refractivity contribution is 0.727. The van der Waals surface area contributed by atoms with Crippen molar-refractivity contribution in [2.75, 3.05) is 0 Å². The molecule has 0 radical (unpaired) electrons. The molecule has 0 aliphatic carbocycles. The summed E-state index contributed by atoms with van der Waals surface area (Å²) in [6.07, 6.45) is 0.418. The van der Waals surface area contributed by atoms with E-state index in [1.165, 1.54) is 5.56 Å². The van der Waals surface area contributed by atoms with Crippen LogP contribution in [0.2, 0.25) is 0 Å². The molecule has 1 aromatic carbocycles. The molecule has 2 rings (SSSR count). The molecule has 0 unspecified atom stereocenters. The second kappa shape index (κ2) is 2.95. The topological polar surface area (TPSA) is 36.1 Å². The molecule has 0 saturated carbocycles. The van der Waals surface area contributed by atoms with Crippen molar-refractivity contribution in [2.24, 2.45) is 4.99 Å². The van der Waals surface area contributed by atoms with Gasteiger partial charge < -0.3 is 0 Å². The number of rotatable bonds is 1. The van der Waals surface area contributed by atoms with E-state index in [-0.39, 0.29) is 5.41 Å². The summed E-state index contributed by atoms with van der Waals surface area (Å²) in [5.74, 6) is 0. The van der Waals surface area contributed by atoms with Crippen LogP contribution in [0.4, 0.5) is 5.69 Å². The maximum absolute atomic E-state index is 8.71. The van der Waals surface area contributed by atoms with E-state index in [9.17, 15) is 0 Å². The lowest BCUT2D eigenvalue weighted by Crippen LogP contribution is -2.24. The van der Waals surface area contributed by atoms with Crippen molar-refractivity contribution < 1.29 is 0 Å². The molecule has 1 heterocycles. The summed E-state index contributed by atoms with van der Waals surface area (Å²) < 4.78 is 0. The summed E-state index contributed by atoms with van der Waals surface area (Å²) in [5, 5.41) is 8.71. The van der Waals surface area contributed by atoms with E-state index in [4.69, 9.17) is 5.26 Å². The Labute approximate surface area is 83.9 Å². The average molecular weight is 184 g/mol. The maximum atomic E-state index is 8.71. The molecule has 0 aromatic heterocycles. The molecule has 2 nitrogen and oxygen atoms in total. The molecule has 1 aliphatic heterocycles. The number of para-hydroxylation sites is 1. The van der Waals surface area contributed by atoms with Gasteiger partial charge in [-0.15, -0.1) is 0 Å². The third-order valence-electron chi connectivity index (χ3n) is 2.80. The minimum atomic E-state index is -0.0771. The van der Waals surface area contributed by atoms with Gasteiger partial charge in [0.15, 0.2) is 0 Å². The van der Waals surface area contributed by atoms with Crippen molar-refractivity contribution in [1.82, 2.24) is 0 Å². The number of hydrogen-bond donors (Lipinski definition) is 0. The van der Waals surface area contributed by atoms with Crippen molar-refractivity contribution in [1.29, 1.82) is 5.26 Å². The molecule has 0 N–H and O–H groups in total. The zero-order valence-electron chi connectivity index (χ0n) is 8.41. The van der Waals surface area contributed by atoms with Crippen LogP contribution in [-0.4, -0.2) is 5.71 Å². The highest BCUT2D eigenvalue weighted by atomic mass is 14.8. The van der Waals surface area contributed by atoms with Gasteiger partial charge in [0.25, 0.3) is 0 Å². The molecular weight excluding hydrogens is 172 g/mol. The fraction of sp³-hybridized carbons (Fsp3) is 0.333. The summed E-state index contributed by atoms with van der Waals surface area (Å²) in [6.45, 7) is 4.24. The van der Waals surface area contributed by atoms with E-state index in [2.05, 4.69) is 31.0 Å². The Kier molecular flexibility index (Phi) is 1.89. The van der Waals surface area contributed by atoms with Gasteiger partial charge in [-0.25, -0.2) is 0 Å². The first-order chi connectivity index (χ1) is 6.66. The largest absolute Gasteiger partial charge is 0.256 e. The van der Waals surface area contributed by atoms with E-state index < -0.39 is 0 Å². The number of nitrogens with zero attached hydrogens (tertiary/aromatic N) is 2. The Morgan fingerprint density at radius 2 is 2.07 bits per heavy atom. The van der Waals surface area contributed by atoms with Gasteiger partial charge in [0.2, 0.25) is 0 Å². The maximum Gasteiger partial charge on any atom is 0.0744 e. The predicted octanol–water partition coefficient (Wildman–Crippen LogP) is 2.96. The van der Waals surface area contributed by atoms with E-state index in [1.807, 2.05) is 18.2 Å². The summed E-state index contributed by atoms with van der Waals surface area (Å²) >= 11 is 0. The molecule has 14 heavy (non-hydrogen) atoms. The molecule has 0 atom stereocenters. The Balaban J connectivity index is 2.52. The SMILES string of the molecule is CC1(C)C(CC#N)=Nc2ccccc21. The molecule has 70 valence electrons. The molecule has 1 aromatic rings. The van der Waals surface area contributed by atoms with Gasteiger partial charge in [-0.3, -0.25) is 4.99 Å². The predicted molar refractivity (Wildman–Crippen MR) is 56.8 cm³/mol. The lowest BCUT2D eigenvalue weighted by Gasteiger charge is -2.20. The standard InChI is InChI=1S/C12H12N2/c1-12(2)9-5-3-4-6-10(9)14-11(12)7-8-13/h3-6H,7H2,1-2H3. The molecule has 0 saturated heterocycles. The summed E-state index contributed by atoms with van der Waals surface area (Å²) in [6, 6.07) is 10.3. The minimum Gasteiger partial charge on any atom is -0.256 e. The molecular formula is C12H12N2. The Hall–Kier alpha value is -1.62. The van der Waals surface area contributed by atoms with Gasteiger partial charge >= 0.3 is 0 Å². The van der Waals surface area contributed by atoms with Crippen LogP contribution in [0.5, 0.6) is 0 Å². The minimum absolute atomic E-state index is 0.0771. The first-order valence-electron chi connectivity index (χ1n) is 4.71. The van der Waals surface area contributed by atoms with Crippen LogP contribution < -0.4 is 0 Å². The van der Waals surface area contributed by atoms with Crippen molar-refractivity contribution in [3.05, 3.63) is 29.8 Å². The van der Waals surface area contributed by atoms with Crippen LogP contribution in [0.3, 0.4) is 0 Å². The van der Waals surface area contributed by atoms with Crippen molar-refractivity contribution >= 4 is 11.4 Å². The normalized spacial score (nSPS) is 17.1. The highest BCUT2D eigenvalue weighted by Gasteiger charge is 2.33. The van der Waals surface area contributed by atoms with Gasteiger partial charge in [0.1, 0.15) is 0 Å². The van der Waals surface area contributed by atoms with E-state index >= 15 is 0 Å². The quantitative estimate of drug-likeness (QED) is 0.661. The van der Waals surface area contributed by atoms with Gasteiger partial charge in [-0.2, -0.15) is 5.26 Å². The van der Waals surface area contributed by atoms with Crippen molar-refractivity contribution in [3.8, 4) is 6.07 Å². The van der Waals surface area contributed by atoms with Gasteiger partial charge in [-0.1, -0.05) is 32.0 Å². The first kappa shape index (κ1) is 8.96. The first-order valence-corrected chi connectivity index (χ1v) is 4.71. The molecule has 0 amide bonds. The Bertz CT molecular complexity index is 436. The summed E-state index contributed by atoms with van der Waals surface area (Å²) in [7, 11) is 0. The monoisotopic (exact) mass is 184 g/mol. The summed E-state index contributed by atoms with van der Waals surface area (Å²) in [4.78, 5) is 4.49. The molecule has 1 aliphatic rings. The Morgan fingerprint density at radius 1 is 1.36 bits per heavy atom. The number of fused-ring (bicyclic) bond motifs is 1. The number of nitriles is 1. The molecule has 0 spiro atoms. The zero-order chi connectivity index (χ0) is 10.2. The van der Waals surface area contributed by atoms with Gasteiger partial charge in [0, 0.05) is 11.1 Å². The van der Waals surface area contributed by atoms with E-state index in [0.29, 0.717) is 6.42 Å². The van der Waals surface area contributed by atoms with Crippen LogP contribution >= 0.6 is 0 Å². The fourth-order valence-corrected chi connectivity index (χ4v) is 1.88. The van der Waals surface area contributed by atoms with Crippen molar-refractivity contribution in [3.63, 3.8) is 0 Å². The van der Waals surface area contributed by atoms with Crippen LogP contribution in [0.15, 0.2) is 29.3 Å². The molecule has 0 fully saturated rings. The second-order valence-electron chi connectivity index (χ2n) is 4.04. The second-order valence-corrected chi connectivity index (χ2v) is 4.04. The van der Waals surface area contributed by atoms with Crippen LogP contribution in [0.25, 0.3) is 0 Å². The molecule has 0 bridgehead atoms. The zero-order valence-corrected chi connectivity index (χ0v) is 8.41. The number of aliphatic imine (C=N–C) groups is 1. The smallest absolute Gasteiger partial charge is 0.0744 e. The lowest BCUT2D eigenvalue weighted by atomic mass is 9.81. The number of benzene rings is 1. The van der Waals surface area contributed by atoms with Gasteiger partial charge in [0.05, 0.1) is 18.2 Å². The van der Waals surface area contributed by atoms with Crippen LogP contribution in [0, 0.1) is 11.3 Å². The summed E-state index contributed by atoms with van der Waals surface area (Å²) in [5.41, 5.74) is 3.14. The third kappa shape index (κ3) is 1.13. The average Bonchev–Trinajstić information content (AvgIpc) is 2.41. The highest BCUT2D eigenvalue weighted by Crippen LogP contribution is 2.40. The van der Waals surface area contributed by atoms with Crippen LogP contribution in [0.1, 0.15) is 25.8 Å². The van der Waals surface area contributed by atoms with E-state index in [0.717, 1.165) is 11.4 Å². The van der Waals surface area contributed by atoms with E-state index in [1.54, 1.807) is 0 Å². The van der Waals surface area contributed by atoms with Crippen molar-refractivity contribution in [2.45, 2.75) is 25.7 Å². The highest BCUT2D eigenvalue weighted by molar-refractivity contribution is 6.02.